The van der Waals surface area contributed by atoms with Gasteiger partial charge >= 0.3 is 0 Å². The highest BCUT2D eigenvalue weighted by Crippen LogP contribution is 2.32. The number of halogens is 2. The summed E-state index contributed by atoms with van der Waals surface area (Å²) < 4.78 is 11.7. The van der Waals surface area contributed by atoms with Gasteiger partial charge in [-0.3, -0.25) is 0 Å². The standard InChI is InChI=1S/C17H17Cl2NO2/c18-13-5-6-16(17(9-13)22-14-10-20-11-14)21-8-7-12-3-1-2-4-15(12)19/h1-6,9,14,20H,7-8,10-11H2. The second kappa shape index (κ2) is 7.23. The van der Waals surface area contributed by atoms with Gasteiger partial charge in [0.25, 0.3) is 0 Å². The van der Waals surface area contributed by atoms with Gasteiger partial charge in [-0.1, -0.05) is 41.4 Å². The molecule has 1 saturated heterocycles. The molecule has 3 nitrogen and oxygen atoms in total. The fraction of sp³-hybridized carbons (Fsp3) is 0.294. The monoisotopic (exact) mass is 337 g/mol. The topological polar surface area (TPSA) is 30.5 Å². The van der Waals surface area contributed by atoms with Crippen molar-refractivity contribution in [2.24, 2.45) is 0 Å². The molecule has 22 heavy (non-hydrogen) atoms. The molecule has 2 aromatic rings. The van der Waals surface area contributed by atoms with Crippen molar-refractivity contribution in [3.63, 3.8) is 0 Å². The average Bonchev–Trinajstić information content (AvgIpc) is 2.47. The van der Waals surface area contributed by atoms with Crippen LogP contribution in [-0.2, 0) is 6.42 Å². The van der Waals surface area contributed by atoms with Gasteiger partial charge in [0.1, 0.15) is 6.10 Å². The first-order chi connectivity index (χ1) is 10.7. The summed E-state index contributed by atoms with van der Waals surface area (Å²) >= 11 is 12.2. The van der Waals surface area contributed by atoms with E-state index in [-0.39, 0.29) is 6.10 Å². The van der Waals surface area contributed by atoms with Crippen LogP contribution in [0, 0.1) is 0 Å². The molecule has 0 spiro atoms. The van der Waals surface area contributed by atoms with Crippen molar-refractivity contribution in [1.29, 1.82) is 0 Å². The van der Waals surface area contributed by atoms with Crippen molar-refractivity contribution in [2.45, 2.75) is 12.5 Å². The van der Waals surface area contributed by atoms with Gasteiger partial charge in [-0.25, -0.2) is 0 Å². The third kappa shape index (κ3) is 3.86. The first-order valence-corrected chi connectivity index (χ1v) is 8.01. The summed E-state index contributed by atoms with van der Waals surface area (Å²) in [7, 11) is 0. The molecule has 0 bridgehead atoms. The van der Waals surface area contributed by atoms with E-state index in [0.717, 1.165) is 30.1 Å². The summed E-state index contributed by atoms with van der Waals surface area (Å²) in [4.78, 5) is 0. The third-order valence-electron chi connectivity index (χ3n) is 3.53. The van der Waals surface area contributed by atoms with Crippen LogP contribution in [0.3, 0.4) is 0 Å². The Morgan fingerprint density at radius 1 is 1.05 bits per heavy atom. The molecule has 1 heterocycles. The van der Waals surface area contributed by atoms with Gasteiger partial charge in [-0.2, -0.15) is 0 Å². The lowest BCUT2D eigenvalue weighted by Crippen LogP contribution is -2.50. The molecule has 5 heteroatoms. The van der Waals surface area contributed by atoms with Crippen LogP contribution in [0.25, 0.3) is 0 Å². The molecule has 0 amide bonds. The number of nitrogens with one attached hydrogen (secondary N) is 1. The zero-order chi connectivity index (χ0) is 15.4. The molecule has 116 valence electrons. The van der Waals surface area contributed by atoms with Crippen molar-refractivity contribution >= 4 is 23.2 Å². The fourth-order valence-electron chi connectivity index (χ4n) is 2.19. The first kappa shape index (κ1) is 15.5. The maximum Gasteiger partial charge on any atom is 0.163 e. The molecule has 1 fully saturated rings. The summed E-state index contributed by atoms with van der Waals surface area (Å²) in [5.41, 5.74) is 1.07. The third-order valence-corrected chi connectivity index (χ3v) is 4.13. The van der Waals surface area contributed by atoms with Crippen LogP contribution in [0.2, 0.25) is 10.0 Å². The number of benzene rings is 2. The minimum atomic E-state index is 0.185. The lowest BCUT2D eigenvalue weighted by molar-refractivity contribution is 0.135. The second-order valence-corrected chi connectivity index (χ2v) is 6.02. The van der Waals surface area contributed by atoms with E-state index in [0.29, 0.717) is 23.1 Å². The predicted octanol–water partition coefficient (Wildman–Crippen LogP) is 3.97. The molecule has 1 aliphatic rings. The van der Waals surface area contributed by atoms with Gasteiger partial charge in [0.2, 0.25) is 0 Å². The molecule has 0 aliphatic carbocycles. The molecule has 0 saturated carbocycles. The highest BCUT2D eigenvalue weighted by molar-refractivity contribution is 6.31. The zero-order valence-electron chi connectivity index (χ0n) is 12.0. The highest BCUT2D eigenvalue weighted by atomic mass is 35.5. The maximum absolute atomic E-state index is 6.15. The number of ether oxygens (including phenoxy) is 2. The van der Waals surface area contributed by atoms with Gasteiger partial charge in [-0.05, 0) is 23.8 Å². The van der Waals surface area contributed by atoms with Crippen LogP contribution in [0.4, 0.5) is 0 Å². The number of hydrogen-bond donors (Lipinski definition) is 1. The fourth-order valence-corrected chi connectivity index (χ4v) is 2.58. The van der Waals surface area contributed by atoms with E-state index in [1.54, 1.807) is 12.1 Å². The molecule has 0 aromatic heterocycles. The summed E-state index contributed by atoms with van der Waals surface area (Å²) in [5, 5.41) is 4.58. The van der Waals surface area contributed by atoms with E-state index < -0.39 is 0 Å². The van der Waals surface area contributed by atoms with E-state index >= 15 is 0 Å². The van der Waals surface area contributed by atoms with E-state index in [4.69, 9.17) is 32.7 Å². The van der Waals surface area contributed by atoms with Crippen molar-refractivity contribution in [3.05, 3.63) is 58.1 Å². The van der Waals surface area contributed by atoms with E-state index in [2.05, 4.69) is 5.32 Å². The maximum atomic E-state index is 6.15. The Balaban J connectivity index is 1.63. The van der Waals surface area contributed by atoms with Gasteiger partial charge < -0.3 is 14.8 Å². The molecular weight excluding hydrogens is 321 g/mol. The van der Waals surface area contributed by atoms with Crippen molar-refractivity contribution in [2.75, 3.05) is 19.7 Å². The Morgan fingerprint density at radius 3 is 2.59 bits per heavy atom. The lowest BCUT2D eigenvalue weighted by atomic mass is 10.2. The normalized spacial score (nSPS) is 14.5. The minimum Gasteiger partial charge on any atom is -0.489 e. The summed E-state index contributed by atoms with van der Waals surface area (Å²) in [6.07, 6.45) is 0.927. The SMILES string of the molecule is Clc1ccc(OCCc2ccccc2Cl)c(OC2CNC2)c1. The summed E-state index contributed by atoms with van der Waals surface area (Å²) in [5.74, 6) is 1.40. The van der Waals surface area contributed by atoms with Gasteiger partial charge in [0.05, 0.1) is 6.61 Å². The van der Waals surface area contributed by atoms with Crippen molar-refractivity contribution in [3.8, 4) is 11.5 Å². The molecule has 1 aliphatic heterocycles. The van der Waals surface area contributed by atoms with Crippen LogP contribution in [0.1, 0.15) is 5.56 Å². The Kier molecular flexibility index (Phi) is 5.08. The molecule has 0 unspecified atom stereocenters. The Morgan fingerprint density at radius 2 is 1.86 bits per heavy atom. The predicted molar refractivity (Wildman–Crippen MR) is 89.4 cm³/mol. The van der Waals surface area contributed by atoms with Crippen LogP contribution in [-0.4, -0.2) is 25.8 Å². The van der Waals surface area contributed by atoms with Crippen LogP contribution in [0.15, 0.2) is 42.5 Å². The van der Waals surface area contributed by atoms with Crippen LogP contribution >= 0.6 is 23.2 Å². The molecule has 0 atom stereocenters. The van der Waals surface area contributed by atoms with Gasteiger partial charge in [-0.15, -0.1) is 0 Å². The molecule has 1 N–H and O–H groups in total. The zero-order valence-corrected chi connectivity index (χ0v) is 13.5. The van der Waals surface area contributed by atoms with Crippen molar-refractivity contribution in [1.82, 2.24) is 5.32 Å². The molecule has 2 aromatic carbocycles. The van der Waals surface area contributed by atoms with E-state index in [1.165, 1.54) is 0 Å². The quantitative estimate of drug-likeness (QED) is 0.865. The second-order valence-electron chi connectivity index (χ2n) is 5.18. The van der Waals surface area contributed by atoms with Crippen LogP contribution in [0.5, 0.6) is 11.5 Å². The van der Waals surface area contributed by atoms with Crippen LogP contribution < -0.4 is 14.8 Å². The lowest BCUT2D eigenvalue weighted by Gasteiger charge is -2.28. The van der Waals surface area contributed by atoms with Gasteiger partial charge in [0.15, 0.2) is 11.5 Å². The van der Waals surface area contributed by atoms with E-state index in [1.807, 2.05) is 30.3 Å². The van der Waals surface area contributed by atoms with Crippen molar-refractivity contribution < 1.29 is 9.47 Å². The smallest absolute Gasteiger partial charge is 0.163 e. The number of rotatable bonds is 6. The summed E-state index contributed by atoms with van der Waals surface area (Å²) in [6.45, 7) is 2.24. The van der Waals surface area contributed by atoms with Gasteiger partial charge in [0, 0.05) is 35.6 Å². The Labute approximate surface area is 140 Å². The Hall–Kier alpha value is -1.42. The largest absolute Gasteiger partial charge is 0.489 e. The summed E-state index contributed by atoms with van der Waals surface area (Å²) in [6, 6.07) is 13.2. The minimum absolute atomic E-state index is 0.185. The average molecular weight is 338 g/mol. The molecular formula is C17H17Cl2NO2. The highest BCUT2D eigenvalue weighted by Gasteiger charge is 2.20. The molecule has 3 rings (SSSR count). The first-order valence-electron chi connectivity index (χ1n) is 7.25. The van der Waals surface area contributed by atoms with E-state index in [9.17, 15) is 0 Å². The number of hydrogen-bond acceptors (Lipinski definition) is 3. The Bertz CT molecular complexity index is 644. The molecule has 0 radical (unpaired) electrons.